The Bertz CT molecular complexity index is 777. The predicted molar refractivity (Wildman–Crippen MR) is 91.6 cm³/mol. The number of hydrogen-bond donors (Lipinski definition) is 2. The average molecular weight is 362 g/mol. The summed E-state index contributed by atoms with van der Waals surface area (Å²) in [7, 11) is 0. The van der Waals surface area contributed by atoms with E-state index in [4.69, 9.17) is 9.47 Å². The van der Waals surface area contributed by atoms with Crippen LogP contribution >= 0.6 is 11.3 Å². The smallest absolute Gasteiger partial charge is 0.231 e. The van der Waals surface area contributed by atoms with Crippen LogP contribution in [0.4, 0.5) is 5.13 Å². The molecule has 1 aliphatic rings. The van der Waals surface area contributed by atoms with E-state index in [1.807, 2.05) is 25.1 Å². The average Bonchev–Trinajstić information content (AvgIpc) is 3.26. The fraction of sp³-hybridized carbons (Fsp3) is 0.375. The van der Waals surface area contributed by atoms with E-state index < -0.39 is 0 Å². The summed E-state index contributed by atoms with van der Waals surface area (Å²) in [5, 5.41) is 14.5. The highest BCUT2D eigenvalue weighted by atomic mass is 32.1. The number of hydrogen-bond acceptors (Lipinski definition) is 7. The molecule has 0 atom stereocenters. The zero-order valence-electron chi connectivity index (χ0n) is 13.7. The first-order valence-electron chi connectivity index (χ1n) is 7.91. The molecule has 8 nitrogen and oxygen atoms in total. The van der Waals surface area contributed by atoms with E-state index in [9.17, 15) is 9.59 Å². The molecule has 9 heteroatoms. The van der Waals surface area contributed by atoms with Crippen LogP contribution < -0.4 is 20.1 Å². The second-order valence-corrected chi connectivity index (χ2v) is 6.43. The molecule has 2 heterocycles. The van der Waals surface area contributed by atoms with E-state index in [1.165, 1.54) is 11.3 Å². The summed E-state index contributed by atoms with van der Waals surface area (Å²) in [6.45, 7) is 2.55. The van der Waals surface area contributed by atoms with Crippen LogP contribution in [0.25, 0.3) is 0 Å². The van der Waals surface area contributed by atoms with Crippen molar-refractivity contribution in [1.82, 2.24) is 15.5 Å². The maximum Gasteiger partial charge on any atom is 0.231 e. The Kier molecular flexibility index (Phi) is 5.44. The molecular formula is C16H18N4O4S. The van der Waals surface area contributed by atoms with Crippen LogP contribution in [0.3, 0.4) is 0 Å². The normalized spacial score (nSPS) is 12.0. The van der Waals surface area contributed by atoms with E-state index in [2.05, 4.69) is 20.8 Å². The molecule has 3 rings (SSSR count). The Balaban J connectivity index is 1.39. The van der Waals surface area contributed by atoms with Gasteiger partial charge in [-0.25, -0.2) is 0 Å². The van der Waals surface area contributed by atoms with Gasteiger partial charge < -0.3 is 20.1 Å². The molecule has 2 amide bonds. The van der Waals surface area contributed by atoms with Crippen LogP contribution in [-0.4, -0.2) is 28.8 Å². The highest BCUT2D eigenvalue weighted by molar-refractivity contribution is 7.15. The second kappa shape index (κ2) is 7.93. The van der Waals surface area contributed by atoms with Crippen LogP contribution in [0.1, 0.15) is 30.3 Å². The maximum atomic E-state index is 11.9. The number of ether oxygens (including phenoxy) is 2. The molecule has 1 aromatic heterocycles. The van der Waals surface area contributed by atoms with Gasteiger partial charge in [-0.05, 0) is 24.1 Å². The minimum Gasteiger partial charge on any atom is -0.454 e. The number of carbonyl (C=O) groups is 2. The summed E-state index contributed by atoms with van der Waals surface area (Å²) in [6.07, 6.45) is 0.972. The van der Waals surface area contributed by atoms with Crippen molar-refractivity contribution in [2.45, 2.75) is 32.7 Å². The number of nitrogens with zero attached hydrogens (tertiary/aromatic N) is 2. The van der Waals surface area contributed by atoms with Crippen LogP contribution in [-0.2, 0) is 22.6 Å². The number of amides is 2. The van der Waals surface area contributed by atoms with Crippen molar-refractivity contribution < 1.29 is 19.1 Å². The highest BCUT2D eigenvalue weighted by Crippen LogP contribution is 2.32. The molecule has 0 saturated heterocycles. The first kappa shape index (κ1) is 17.2. The van der Waals surface area contributed by atoms with Crippen LogP contribution in [0.15, 0.2) is 18.2 Å². The molecule has 0 saturated carbocycles. The number of benzene rings is 1. The molecule has 0 fully saturated rings. The van der Waals surface area contributed by atoms with Gasteiger partial charge in [-0.2, -0.15) is 0 Å². The Hall–Kier alpha value is -2.68. The van der Waals surface area contributed by atoms with Gasteiger partial charge >= 0.3 is 0 Å². The molecule has 0 spiro atoms. The van der Waals surface area contributed by atoms with Gasteiger partial charge in [0, 0.05) is 19.4 Å². The van der Waals surface area contributed by atoms with Gasteiger partial charge in [-0.3, -0.25) is 9.59 Å². The molecule has 0 bridgehead atoms. The van der Waals surface area contributed by atoms with Crippen molar-refractivity contribution in [2.24, 2.45) is 0 Å². The number of anilines is 1. The number of carbonyl (C=O) groups excluding carboxylic acids is 2. The second-order valence-electron chi connectivity index (χ2n) is 5.37. The summed E-state index contributed by atoms with van der Waals surface area (Å²) < 4.78 is 10.5. The maximum absolute atomic E-state index is 11.9. The predicted octanol–water partition coefficient (Wildman–Crippen LogP) is 1.86. The first-order chi connectivity index (χ1) is 12.1. The molecule has 1 aromatic carbocycles. The third kappa shape index (κ3) is 4.66. The summed E-state index contributed by atoms with van der Waals surface area (Å²) >= 11 is 1.34. The molecule has 2 aromatic rings. The zero-order valence-corrected chi connectivity index (χ0v) is 14.5. The lowest BCUT2D eigenvalue weighted by Gasteiger charge is -2.06. The van der Waals surface area contributed by atoms with Crippen molar-refractivity contribution in [3.63, 3.8) is 0 Å². The van der Waals surface area contributed by atoms with Crippen LogP contribution in [0.2, 0.25) is 0 Å². The van der Waals surface area contributed by atoms with Crippen LogP contribution in [0.5, 0.6) is 11.5 Å². The van der Waals surface area contributed by atoms with Crippen LogP contribution in [0, 0.1) is 0 Å². The van der Waals surface area contributed by atoms with E-state index in [-0.39, 0.29) is 31.4 Å². The Morgan fingerprint density at radius 3 is 2.76 bits per heavy atom. The summed E-state index contributed by atoms with van der Waals surface area (Å²) in [6, 6.07) is 5.50. The van der Waals surface area contributed by atoms with E-state index in [1.54, 1.807) is 0 Å². The Labute approximate surface area is 148 Å². The van der Waals surface area contributed by atoms with Gasteiger partial charge in [0.15, 0.2) is 11.5 Å². The number of rotatable bonds is 7. The molecule has 0 radical (unpaired) electrons. The van der Waals surface area contributed by atoms with Gasteiger partial charge in [0.1, 0.15) is 5.01 Å². The van der Waals surface area contributed by atoms with E-state index in [0.29, 0.717) is 23.2 Å². The van der Waals surface area contributed by atoms with Crippen molar-refractivity contribution >= 4 is 28.3 Å². The third-order valence-electron chi connectivity index (χ3n) is 3.52. The molecule has 132 valence electrons. The van der Waals surface area contributed by atoms with E-state index >= 15 is 0 Å². The quantitative estimate of drug-likeness (QED) is 0.779. The number of fused-ring (bicyclic) bond motifs is 1. The molecule has 2 N–H and O–H groups in total. The minimum atomic E-state index is -0.253. The fourth-order valence-corrected chi connectivity index (χ4v) is 2.89. The fourth-order valence-electron chi connectivity index (χ4n) is 2.20. The lowest BCUT2D eigenvalue weighted by atomic mass is 10.2. The minimum absolute atomic E-state index is 0.0913. The molecule has 25 heavy (non-hydrogen) atoms. The molecule has 0 aliphatic carbocycles. The van der Waals surface area contributed by atoms with Gasteiger partial charge in [0.05, 0.1) is 0 Å². The number of aromatic nitrogens is 2. The number of aryl methyl sites for hydroxylation is 1. The lowest BCUT2D eigenvalue weighted by molar-refractivity contribution is -0.124. The summed E-state index contributed by atoms with van der Waals surface area (Å²) in [5.41, 5.74) is 0.906. The lowest BCUT2D eigenvalue weighted by Crippen LogP contribution is -2.24. The Morgan fingerprint density at radius 1 is 1.16 bits per heavy atom. The summed E-state index contributed by atoms with van der Waals surface area (Å²) in [5.74, 6) is 0.931. The van der Waals surface area contributed by atoms with E-state index in [0.717, 1.165) is 17.0 Å². The van der Waals surface area contributed by atoms with Crippen molar-refractivity contribution in [3.05, 3.63) is 28.8 Å². The number of nitrogens with one attached hydrogen (secondary N) is 2. The van der Waals surface area contributed by atoms with Crippen molar-refractivity contribution in [3.8, 4) is 11.5 Å². The highest BCUT2D eigenvalue weighted by Gasteiger charge is 2.14. The van der Waals surface area contributed by atoms with Crippen molar-refractivity contribution in [1.29, 1.82) is 0 Å². The van der Waals surface area contributed by atoms with Gasteiger partial charge in [0.25, 0.3) is 0 Å². The SMILES string of the molecule is CCc1nnc(NC(=O)CCC(=O)NCc2ccc3c(c2)OCO3)s1. The Morgan fingerprint density at radius 2 is 1.96 bits per heavy atom. The first-order valence-corrected chi connectivity index (χ1v) is 8.73. The summed E-state index contributed by atoms with van der Waals surface area (Å²) in [4.78, 5) is 23.7. The molecule has 0 unspecified atom stereocenters. The topological polar surface area (TPSA) is 102 Å². The van der Waals surface area contributed by atoms with Gasteiger partial charge in [0.2, 0.25) is 23.7 Å². The third-order valence-corrected chi connectivity index (χ3v) is 4.50. The largest absolute Gasteiger partial charge is 0.454 e. The van der Waals surface area contributed by atoms with Crippen molar-refractivity contribution in [2.75, 3.05) is 12.1 Å². The molecule has 1 aliphatic heterocycles. The van der Waals surface area contributed by atoms with Gasteiger partial charge in [-0.15, -0.1) is 10.2 Å². The van der Waals surface area contributed by atoms with Gasteiger partial charge in [-0.1, -0.05) is 24.3 Å². The monoisotopic (exact) mass is 362 g/mol. The standard InChI is InChI=1S/C16H18N4O4S/c1-2-15-19-20-16(25-15)18-14(22)6-5-13(21)17-8-10-3-4-11-12(7-10)24-9-23-11/h3-4,7H,2,5-6,8-9H2,1H3,(H,17,21)(H,18,20,22). The molecular weight excluding hydrogens is 344 g/mol. The zero-order chi connectivity index (χ0) is 17.6.